The topological polar surface area (TPSA) is 97.4 Å². The second kappa shape index (κ2) is 12.2. The second-order valence-corrected chi connectivity index (χ2v) is 10.6. The lowest BCUT2D eigenvalue weighted by atomic mass is 10.1. The Kier molecular flexibility index (Phi) is 8.75. The van der Waals surface area contributed by atoms with Gasteiger partial charge in [-0.05, 0) is 48.4 Å². The van der Waals surface area contributed by atoms with Gasteiger partial charge in [-0.3, -0.25) is 4.79 Å². The number of hydrogen-bond acceptors (Lipinski definition) is 7. The summed E-state index contributed by atoms with van der Waals surface area (Å²) in [7, 11) is 0.512. The number of carbonyl (C=O) groups is 1. The summed E-state index contributed by atoms with van der Waals surface area (Å²) in [6.07, 6.45) is 0.227. The van der Waals surface area contributed by atoms with E-state index < -0.39 is 16.1 Å². The highest BCUT2D eigenvalue weighted by atomic mass is 32.2. The molecule has 0 aromatic heterocycles. The first-order valence-corrected chi connectivity index (χ1v) is 13.8. The van der Waals surface area contributed by atoms with E-state index in [0.717, 1.165) is 17.0 Å². The summed E-state index contributed by atoms with van der Waals surface area (Å²) in [5, 5.41) is 0. The highest BCUT2D eigenvalue weighted by Gasteiger charge is 2.32. The largest absolute Gasteiger partial charge is 0.497 e. The predicted octanol–water partition coefficient (Wildman–Crippen LogP) is 2.95. The first-order chi connectivity index (χ1) is 18.3. The van der Waals surface area contributed by atoms with Gasteiger partial charge in [0.15, 0.2) is 11.5 Å². The SMILES string of the molecule is COc1ccc(N2CCN(C(=O)C(Cc3ccccc3)NS(=O)(=O)c3ccc(OC)c(OC)c3)CC2)cc1. The molecule has 38 heavy (non-hydrogen) atoms. The first-order valence-electron chi connectivity index (χ1n) is 12.3. The Morgan fingerprint density at radius 1 is 0.842 bits per heavy atom. The van der Waals surface area contributed by atoms with Crippen molar-refractivity contribution in [2.45, 2.75) is 17.4 Å². The fourth-order valence-electron chi connectivity index (χ4n) is 4.47. The number of ether oxygens (including phenoxy) is 3. The second-order valence-electron chi connectivity index (χ2n) is 8.89. The summed E-state index contributed by atoms with van der Waals surface area (Å²) in [6.45, 7) is 2.24. The van der Waals surface area contributed by atoms with E-state index in [4.69, 9.17) is 14.2 Å². The molecule has 0 saturated carbocycles. The van der Waals surface area contributed by atoms with Crippen molar-refractivity contribution in [3.05, 3.63) is 78.4 Å². The fraction of sp³-hybridized carbons (Fsp3) is 0.321. The Balaban J connectivity index is 1.51. The molecule has 0 spiro atoms. The molecule has 3 aromatic rings. The van der Waals surface area contributed by atoms with E-state index in [-0.39, 0.29) is 23.0 Å². The Morgan fingerprint density at radius 2 is 1.50 bits per heavy atom. The third kappa shape index (κ3) is 6.38. The van der Waals surface area contributed by atoms with Crippen molar-refractivity contribution in [1.82, 2.24) is 9.62 Å². The minimum absolute atomic E-state index is 0.00895. The lowest BCUT2D eigenvalue weighted by Gasteiger charge is -2.37. The van der Waals surface area contributed by atoms with Crippen LogP contribution in [0.15, 0.2) is 77.7 Å². The van der Waals surface area contributed by atoms with Crippen molar-refractivity contribution < 1.29 is 27.4 Å². The van der Waals surface area contributed by atoms with Crippen LogP contribution in [0, 0.1) is 0 Å². The van der Waals surface area contributed by atoms with Gasteiger partial charge >= 0.3 is 0 Å². The Hall–Kier alpha value is -3.76. The standard InChI is InChI=1S/C28H33N3O6S/c1-35-23-11-9-22(10-12-23)30-15-17-31(18-16-30)28(32)25(19-21-7-5-4-6-8-21)29-38(33,34)24-13-14-26(36-2)27(20-24)37-3/h4-14,20,25,29H,15-19H2,1-3H3. The molecule has 4 rings (SSSR count). The van der Waals surface area contributed by atoms with Gasteiger partial charge in [0.2, 0.25) is 15.9 Å². The molecule has 9 nitrogen and oxygen atoms in total. The van der Waals surface area contributed by atoms with Crippen LogP contribution in [0.2, 0.25) is 0 Å². The van der Waals surface area contributed by atoms with Crippen LogP contribution in [0.3, 0.4) is 0 Å². The smallest absolute Gasteiger partial charge is 0.241 e. The van der Waals surface area contributed by atoms with E-state index >= 15 is 0 Å². The molecule has 1 aliphatic heterocycles. The minimum Gasteiger partial charge on any atom is -0.497 e. The van der Waals surface area contributed by atoms with Gasteiger partial charge in [-0.2, -0.15) is 4.72 Å². The minimum atomic E-state index is -4.04. The lowest BCUT2D eigenvalue weighted by molar-refractivity contribution is -0.133. The molecule has 1 aliphatic rings. The van der Waals surface area contributed by atoms with Crippen LogP contribution in [0.4, 0.5) is 5.69 Å². The molecule has 1 heterocycles. The highest BCUT2D eigenvalue weighted by Crippen LogP contribution is 2.29. The number of anilines is 1. The van der Waals surface area contributed by atoms with E-state index in [0.29, 0.717) is 31.9 Å². The number of rotatable bonds is 10. The molecule has 1 saturated heterocycles. The molecular formula is C28H33N3O6S. The number of amides is 1. The average Bonchev–Trinajstić information content (AvgIpc) is 2.96. The summed E-state index contributed by atoms with van der Waals surface area (Å²) in [6, 6.07) is 20.6. The molecule has 0 bridgehead atoms. The van der Waals surface area contributed by atoms with Crippen LogP contribution in [0.5, 0.6) is 17.2 Å². The lowest BCUT2D eigenvalue weighted by Crippen LogP contribution is -2.55. The van der Waals surface area contributed by atoms with E-state index in [1.54, 1.807) is 12.0 Å². The number of nitrogens with zero attached hydrogens (tertiary/aromatic N) is 2. The van der Waals surface area contributed by atoms with Crippen molar-refractivity contribution >= 4 is 21.6 Å². The van der Waals surface area contributed by atoms with Gasteiger partial charge in [-0.1, -0.05) is 30.3 Å². The normalized spacial score (nSPS) is 14.6. The van der Waals surface area contributed by atoms with Crippen LogP contribution in [-0.2, 0) is 21.2 Å². The maximum Gasteiger partial charge on any atom is 0.241 e. The third-order valence-corrected chi connectivity index (χ3v) is 8.04. The Labute approximate surface area is 224 Å². The average molecular weight is 540 g/mol. The van der Waals surface area contributed by atoms with Gasteiger partial charge in [0.1, 0.15) is 11.8 Å². The molecule has 1 N–H and O–H groups in total. The van der Waals surface area contributed by atoms with E-state index in [1.807, 2.05) is 54.6 Å². The van der Waals surface area contributed by atoms with Gasteiger partial charge in [0.25, 0.3) is 0 Å². The summed E-state index contributed by atoms with van der Waals surface area (Å²) < 4.78 is 45.1. The number of benzene rings is 3. The molecule has 3 aromatic carbocycles. The zero-order valence-corrected chi connectivity index (χ0v) is 22.6. The Bertz CT molecular complexity index is 1320. The molecule has 0 radical (unpaired) electrons. The number of sulfonamides is 1. The van der Waals surface area contributed by atoms with Crippen LogP contribution in [-0.4, -0.2) is 72.8 Å². The molecule has 1 amide bonds. The van der Waals surface area contributed by atoms with Gasteiger partial charge in [-0.15, -0.1) is 0 Å². The van der Waals surface area contributed by atoms with Crippen molar-refractivity contribution in [3.63, 3.8) is 0 Å². The van der Waals surface area contributed by atoms with Crippen LogP contribution < -0.4 is 23.8 Å². The maximum atomic E-state index is 13.7. The van der Waals surface area contributed by atoms with Crippen molar-refractivity contribution in [2.75, 3.05) is 52.4 Å². The molecule has 1 fully saturated rings. The molecule has 1 unspecified atom stereocenters. The summed E-state index contributed by atoms with van der Waals surface area (Å²) in [5.41, 5.74) is 1.91. The van der Waals surface area contributed by atoms with Crippen molar-refractivity contribution in [1.29, 1.82) is 0 Å². The van der Waals surface area contributed by atoms with Gasteiger partial charge in [-0.25, -0.2) is 8.42 Å². The Morgan fingerprint density at radius 3 is 2.11 bits per heavy atom. The van der Waals surface area contributed by atoms with Gasteiger partial charge in [0, 0.05) is 37.9 Å². The third-order valence-electron chi connectivity index (χ3n) is 6.57. The summed E-state index contributed by atoms with van der Waals surface area (Å²) in [4.78, 5) is 17.6. The van der Waals surface area contributed by atoms with E-state index in [9.17, 15) is 13.2 Å². The highest BCUT2D eigenvalue weighted by molar-refractivity contribution is 7.89. The van der Waals surface area contributed by atoms with Gasteiger partial charge < -0.3 is 24.0 Å². The van der Waals surface area contributed by atoms with Crippen molar-refractivity contribution in [2.24, 2.45) is 0 Å². The summed E-state index contributed by atoms with van der Waals surface area (Å²) in [5.74, 6) is 1.23. The number of nitrogens with one attached hydrogen (secondary N) is 1. The molecular weight excluding hydrogens is 506 g/mol. The van der Waals surface area contributed by atoms with E-state index in [1.165, 1.54) is 32.4 Å². The number of methoxy groups -OCH3 is 3. The monoisotopic (exact) mass is 539 g/mol. The zero-order valence-electron chi connectivity index (χ0n) is 21.8. The van der Waals surface area contributed by atoms with Gasteiger partial charge in [0.05, 0.1) is 26.2 Å². The zero-order chi connectivity index (χ0) is 27.1. The first kappa shape index (κ1) is 27.3. The maximum absolute atomic E-state index is 13.7. The van der Waals surface area contributed by atoms with Crippen LogP contribution in [0.1, 0.15) is 5.56 Å². The van der Waals surface area contributed by atoms with Crippen LogP contribution >= 0.6 is 0 Å². The molecule has 10 heteroatoms. The fourth-order valence-corrected chi connectivity index (χ4v) is 5.67. The molecule has 1 atom stereocenters. The number of hydrogen-bond donors (Lipinski definition) is 1. The van der Waals surface area contributed by atoms with Crippen LogP contribution in [0.25, 0.3) is 0 Å². The van der Waals surface area contributed by atoms with Crippen molar-refractivity contribution in [3.8, 4) is 17.2 Å². The predicted molar refractivity (Wildman–Crippen MR) is 146 cm³/mol. The number of carbonyl (C=O) groups excluding carboxylic acids is 1. The quantitative estimate of drug-likeness (QED) is 0.423. The number of piperazine rings is 1. The summed E-state index contributed by atoms with van der Waals surface area (Å²) >= 11 is 0. The molecule has 202 valence electrons. The molecule has 0 aliphatic carbocycles. The van der Waals surface area contributed by atoms with E-state index in [2.05, 4.69) is 9.62 Å².